The number of benzene rings is 1. The first-order valence-electron chi connectivity index (χ1n) is 6.94. The molecule has 3 aromatic rings. The Kier molecular flexibility index (Phi) is 3.68. The zero-order valence-electron chi connectivity index (χ0n) is 12.3. The van der Waals surface area contributed by atoms with Gasteiger partial charge in [0.1, 0.15) is 5.82 Å². The summed E-state index contributed by atoms with van der Waals surface area (Å²) in [5.41, 5.74) is 3.24. The maximum absolute atomic E-state index is 6.27. The molecule has 21 heavy (non-hydrogen) atoms. The molecule has 0 aliphatic carbocycles. The second kappa shape index (κ2) is 5.48. The van der Waals surface area contributed by atoms with E-state index in [4.69, 9.17) is 16.1 Å². The van der Waals surface area contributed by atoms with E-state index < -0.39 is 0 Å². The van der Waals surface area contributed by atoms with Crippen molar-refractivity contribution in [2.24, 2.45) is 0 Å². The Morgan fingerprint density at radius 3 is 2.76 bits per heavy atom. The van der Waals surface area contributed by atoms with Crippen molar-refractivity contribution in [1.29, 1.82) is 0 Å². The van der Waals surface area contributed by atoms with E-state index in [-0.39, 0.29) is 5.38 Å². The second-order valence-corrected chi connectivity index (χ2v) is 5.87. The summed E-state index contributed by atoms with van der Waals surface area (Å²) in [5, 5.41) is 3.66. The average Bonchev–Trinajstić information content (AvgIpc) is 2.99. The molecule has 3 rings (SSSR count). The van der Waals surface area contributed by atoms with E-state index in [2.05, 4.69) is 44.8 Å². The van der Waals surface area contributed by atoms with Gasteiger partial charge in [0.25, 0.3) is 0 Å². The van der Waals surface area contributed by atoms with Crippen LogP contribution in [-0.2, 0) is 13.0 Å². The van der Waals surface area contributed by atoms with Gasteiger partial charge < -0.3 is 9.09 Å². The largest absolute Gasteiger partial charge is 0.339 e. The molecule has 0 fully saturated rings. The Morgan fingerprint density at radius 1 is 1.29 bits per heavy atom. The van der Waals surface area contributed by atoms with Crippen LogP contribution in [0.3, 0.4) is 0 Å². The molecule has 0 radical (unpaired) electrons. The molecule has 0 aliphatic heterocycles. The van der Waals surface area contributed by atoms with Crippen molar-refractivity contribution in [3.8, 4) is 0 Å². The van der Waals surface area contributed by atoms with E-state index in [0.717, 1.165) is 16.9 Å². The van der Waals surface area contributed by atoms with Crippen molar-refractivity contribution in [2.75, 3.05) is 0 Å². The lowest BCUT2D eigenvalue weighted by Gasteiger charge is -2.09. The van der Waals surface area contributed by atoms with Gasteiger partial charge in [-0.1, -0.05) is 11.2 Å². The monoisotopic (exact) mass is 304 g/mol. The van der Waals surface area contributed by atoms with Gasteiger partial charge in [0.05, 0.1) is 16.4 Å². The van der Waals surface area contributed by atoms with Crippen LogP contribution in [0.25, 0.3) is 11.0 Å². The molecule has 0 saturated carbocycles. The third kappa shape index (κ3) is 2.78. The van der Waals surface area contributed by atoms with Gasteiger partial charge in [0.15, 0.2) is 5.82 Å². The predicted molar refractivity (Wildman–Crippen MR) is 81.5 cm³/mol. The van der Waals surface area contributed by atoms with Crippen molar-refractivity contribution in [3.05, 3.63) is 41.3 Å². The molecule has 110 valence electrons. The lowest BCUT2D eigenvalue weighted by molar-refractivity contribution is 0.368. The number of rotatable bonds is 4. The Balaban J connectivity index is 1.97. The van der Waals surface area contributed by atoms with E-state index in [0.29, 0.717) is 24.7 Å². The summed E-state index contributed by atoms with van der Waals surface area (Å²) in [4.78, 5) is 8.89. The Morgan fingerprint density at radius 2 is 2.10 bits per heavy atom. The van der Waals surface area contributed by atoms with Gasteiger partial charge in [0.2, 0.25) is 5.89 Å². The van der Waals surface area contributed by atoms with Gasteiger partial charge in [-0.3, -0.25) is 0 Å². The smallest absolute Gasteiger partial charge is 0.228 e. The predicted octanol–water partition coefficient (Wildman–Crippen LogP) is 3.58. The molecule has 1 unspecified atom stereocenters. The molecule has 5 nitrogen and oxygen atoms in total. The quantitative estimate of drug-likeness (QED) is 0.691. The standard InChI is InChI=1S/C15H17ClN4O/c1-9-4-5-13-12(8-9)18-15(10(2)16)20(13)7-6-14-17-11(3)19-21-14/h4-5,8,10H,6-7H2,1-3H3. The Bertz CT molecular complexity index is 775. The van der Waals surface area contributed by atoms with Crippen molar-refractivity contribution < 1.29 is 4.52 Å². The van der Waals surface area contributed by atoms with E-state index in [1.54, 1.807) is 0 Å². The van der Waals surface area contributed by atoms with E-state index in [9.17, 15) is 0 Å². The average molecular weight is 305 g/mol. The maximum Gasteiger partial charge on any atom is 0.228 e. The first-order valence-corrected chi connectivity index (χ1v) is 7.38. The number of hydrogen-bond acceptors (Lipinski definition) is 4. The highest BCUT2D eigenvalue weighted by atomic mass is 35.5. The minimum Gasteiger partial charge on any atom is -0.339 e. The number of halogens is 1. The lowest BCUT2D eigenvalue weighted by atomic mass is 10.2. The maximum atomic E-state index is 6.27. The van der Waals surface area contributed by atoms with E-state index >= 15 is 0 Å². The normalized spacial score (nSPS) is 13.0. The van der Waals surface area contributed by atoms with Crippen LogP contribution < -0.4 is 0 Å². The van der Waals surface area contributed by atoms with Crippen molar-refractivity contribution in [1.82, 2.24) is 19.7 Å². The topological polar surface area (TPSA) is 56.7 Å². The first-order chi connectivity index (χ1) is 10.0. The molecule has 2 aromatic heterocycles. The third-order valence-corrected chi connectivity index (χ3v) is 3.60. The minimum atomic E-state index is -0.151. The first kappa shape index (κ1) is 14.1. The fourth-order valence-electron chi connectivity index (χ4n) is 2.45. The number of fused-ring (bicyclic) bond motifs is 1. The molecule has 0 N–H and O–H groups in total. The van der Waals surface area contributed by atoms with Crippen LogP contribution >= 0.6 is 11.6 Å². The molecule has 6 heteroatoms. The SMILES string of the molecule is Cc1ccc2c(c1)nc(C(C)Cl)n2CCc1nc(C)no1. The van der Waals surface area contributed by atoms with Crippen molar-refractivity contribution in [2.45, 2.75) is 39.1 Å². The van der Waals surface area contributed by atoms with Gasteiger partial charge in [-0.25, -0.2) is 4.98 Å². The van der Waals surface area contributed by atoms with Gasteiger partial charge in [-0.05, 0) is 38.5 Å². The molecule has 0 saturated heterocycles. The van der Waals surface area contributed by atoms with Crippen LogP contribution in [0, 0.1) is 13.8 Å². The Hall–Kier alpha value is -1.88. The highest BCUT2D eigenvalue weighted by molar-refractivity contribution is 6.20. The number of aromatic nitrogens is 4. The van der Waals surface area contributed by atoms with Gasteiger partial charge in [-0.2, -0.15) is 4.98 Å². The number of hydrogen-bond donors (Lipinski definition) is 0. The van der Waals surface area contributed by atoms with Crippen LogP contribution in [0.2, 0.25) is 0 Å². The molecule has 0 aliphatic rings. The van der Waals surface area contributed by atoms with Crippen LogP contribution in [-0.4, -0.2) is 19.7 Å². The number of aryl methyl sites for hydroxylation is 4. The molecule has 1 atom stereocenters. The Labute approximate surface area is 127 Å². The summed E-state index contributed by atoms with van der Waals surface area (Å²) >= 11 is 6.27. The molecule has 2 heterocycles. The van der Waals surface area contributed by atoms with E-state index in [1.165, 1.54) is 5.56 Å². The molecule has 0 bridgehead atoms. The van der Waals surface area contributed by atoms with E-state index in [1.807, 2.05) is 13.8 Å². The summed E-state index contributed by atoms with van der Waals surface area (Å²) in [6, 6.07) is 6.24. The lowest BCUT2D eigenvalue weighted by Crippen LogP contribution is -2.07. The second-order valence-electron chi connectivity index (χ2n) is 5.22. The molecule has 0 amide bonds. The van der Waals surface area contributed by atoms with Crippen LogP contribution in [0.4, 0.5) is 0 Å². The number of imidazole rings is 1. The molecule has 1 aromatic carbocycles. The summed E-state index contributed by atoms with van der Waals surface area (Å²) in [5.74, 6) is 2.16. The van der Waals surface area contributed by atoms with Gasteiger partial charge in [0, 0.05) is 13.0 Å². The van der Waals surface area contributed by atoms with Crippen molar-refractivity contribution in [3.63, 3.8) is 0 Å². The molecular formula is C15H17ClN4O. The summed E-state index contributed by atoms with van der Waals surface area (Å²) in [6.07, 6.45) is 0.663. The summed E-state index contributed by atoms with van der Waals surface area (Å²) < 4.78 is 7.30. The highest BCUT2D eigenvalue weighted by Gasteiger charge is 2.15. The molecule has 0 spiro atoms. The molecular weight excluding hydrogens is 288 g/mol. The van der Waals surface area contributed by atoms with Crippen LogP contribution in [0.5, 0.6) is 0 Å². The zero-order chi connectivity index (χ0) is 15.0. The fraction of sp³-hybridized carbons (Fsp3) is 0.400. The summed E-state index contributed by atoms with van der Waals surface area (Å²) in [6.45, 7) is 6.52. The highest BCUT2D eigenvalue weighted by Crippen LogP contribution is 2.25. The third-order valence-electron chi connectivity index (χ3n) is 3.41. The van der Waals surface area contributed by atoms with Crippen LogP contribution in [0.1, 0.15) is 35.4 Å². The van der Waals surface area contributed by atoms with Crippen molar-refractivity contribution >= 4 is 22.6 Å². The van der Waals surface area contributed by atoms with Gasteiger partial charge in [-0.15, -0.1) is 11.6 Å². The minimum absolute atomic E-state index is 0.151. The fourth-order valence-corrected chi connectivity index (χ4v) is 2.61. The summed E-state index contributed by atoms with van der Waals surface area (Å²) in [7, 11) is 0. The van der Waals surface area contributed by atoms with Crippen LogP contribution in [0.15, 0.2) is 22.7 Å². The van der Waals surface area contributed by atoms with Gasteiger partial charge >= 0.3 is 0 Å². The number of nitrogens with zero attached hydrogens (tertiary/aromatic N) is 4. The zero-order valence-corrected chi connectivity index (χ0v) is 13.1. The number of alkyl halides is 1.